The minimum absolute atomic E-state index is 0.0863. The van der Waals surface area contributed by atoms with Crippen LogP contribution in [0.1, 0.15) is 75.3 Å². The third kappa shape index (κ3) is 7.40. The quantitative estimate of drug-likeness (QED) is 0.166. The third-order valence-electron chi connectivity index (χ3n) is 8.61. The summed E-state index contributed by atoms with van der Waals surface area (Å²) in [6.45, 7) is 3.60. The fourth-order valence-corrected chi connectivity index (χ4v) is 6.17. The van der Waals surface area contributed by atoms with Crippen LogP contribution in [0.3, 0.4) is 0 Å². The molecule has 5 rings (SSSR count). The number of alkyl halides is 2. The topological polar surface area (TPSA) is 27.7 Å². The molecule has 2 fully saturated rings. The lowest BCUT2D eigenvalue weighted by molar-refractivity contribution is -0.229. The van der Waals surface area contributed by atoms with E-state index in [0.29, 0.717) is 49.5 Å². The molecule has 0 bridgehead atoms. The normalized spacial score (nSPS) is 22.6. The van der Waals surface area contributed by atoms with Crippen LogP contribution in [-0.2, 0) is 15.6 Å². The SMILES string of the molecule is CCCCCC1COC(C2CCC(c3ccc(-c4cc(F)c(C(F)(F)Oc5ccc(F)c(F)c5)c(F)c4)c(F)c3)CC2)OC1. The van der Waals surface area contributed by atoms with Crippen molar-refractivity contribution in [2.24, 2.45) is 11.8 Å². The average Bonchev–Trinajstić information content (AvgIpc) is 2.99. The molecular formula is C34H35F7O3. The van der Waals surface area contributed by atoms with E-state index in [9.17, 15) is 26.3 Å². The molecule has 238 valence electrons. The summed E-state index contributed by atoms with van der Waals surface area (Å²) in [7, 11) is 0. The molecule has 0 spiro atoms. The Kier molecular flexibility index (Phi) is 10.2. The largest absolute Gasteiger partial charge is 0.432 e. The summed E-state index contributed by atoms with van der Waals surface area (Å²) in [6.07, 6.45) is 3.22. The van der Waals surface area contributed by atoms with Gasteiger partial charge in [-0.3, -0.25) is 0 Å². The zero-order chi connectivity index (χ0) is 31.4. The van der Waals surface area contributed by atoms with E-state index >= 15 is 4.39 Å². The van der Waals surface area contributed by atoms with E-state index in [1.165, 1.54) is 31.4 Å². The Morgan fingerprint density at radius 2 is 1.43 bits per heavy atom. The van der Waals surface area contributed by atoms with E-state index in [1.807, 2.05) is 0 Å². The molecule has 1 saturated carbocycles. The molecule has 0 aromatic heterocycles. The summed E-state index contributed by atoms with van der Waals surface area (Å²) in [4.78, 5) is 0. The van der Waals surface area contributed by atoms with Gasteiger partial charge < -0.3 is 14.2 Å². The van der Waals surface area contributed by atoms with Crippen LogP contribution in [0, 0.1) is 40.9 Å². The molecule has 0 radical (unpaired) electrons. The van der Waals surface area contributed by atoms with Gasteiger partial charge in [-0.2, -0.15) is 8.78 Å². The first-order chi connectivity index (χ1) is 21.1. The molecule has 0 unspecified atom stereocenters. The highest BCUT2D eigenvalue weighted by Crippen LogP contribution is 2.41. The molecule has 3 aromatic rings. The zero-order valence-corrected chi connectivity index (χ0v) is 24.4. The van der Waals surface area contributed by atoms with Gasteiger partial charge in [-0.25, -0.2) is 22.0 Å². The molecule has 0 N–H and O–H groups in total. The highest BCUT2D eigenvalue weighted by molar-refractivity contribution is 5.65. The van der Waals surface area contributed by atoms with Gasteiger partial charge in [0.25, 0.3) is 0 Å². The Morgan fingerprint density at radius 3 is 2.05 bits per heavy atom. The molecule has 3 nitrogen and oxygen atoms in total. The fourth-order valence-electron chi connectivity index (χ4n) is 6.17. The number of benzene rings is 3. The van der Waals surface area contributed by atoms with Gasteiger partial charge in [-0.1, -0.05) is 38.3 Å². The summed E-state index contributed by atoms with van der Waals surface area (Å²) in [5, 5.41) is 0. The summed E-state index contributed by atoms with van der Waals surface area (Å²) in [6, 6.07) is 7.12. The summed E-state index contributed by atoms with van der Waals surface area (Å²) >= 11 is 0. The fraction of sp³-hybridized carbons (Fsp3) is 0.471. The van der Waals surface area contributed by atoms with Crippen molar-refractivity contribution < 1.29 is 44.9 Å². The molecule has 0 atom stereocenters. The maximum atomic E-state index is 15.2. The van der Waals surface area contributed by atoms with Crippen molar-refractivity contribution in [1.82, 2.24) is 0 Å². The first-order valence-electron chi connectivity index (χ1n) is 15.1. The van der Waals surface area contributed by atoms with Gasteiger partial charge >= 0.3 is 6.11 Å². The summed E-state index contributed by atoms with van der Waals surface area (Å²) in [5.41, 5.74) is -1.43. The Balaban J connectivity index is 1.21. The summed E-state index contributed by atoms with van der Waals surface area (Å²) < 4.78 is 117. The number of unbranched alkanes of at least 4 members (excludes halogenated alkanes) is 2. The van der Waals surface area contributed by atoms with E-state index in [0.717, 1.165) is 37.7 Å². The molecule has 2 aliphatic rings. The minimum atomic E-state index is -4.57. The number of ether oxygens (including phenoxy) is 3. The van der Waals surface area contributed by atoms with Crippen molar-refractivity contribution >= 4 is 0 Å². The van der Waals surface area contributed by atoms with Gasteiger partial charge in [0, 0.05) is 23.5 Å². The molecule has 1 heterocycles. The van der Waals surface area contributed by atoms with Crippen molar-refractivity contribution in [1.29, 1.82) is 0 Å². The third-order valence-corrected chi connectivity index (χ3v) is 8.61. The lowest BCUT2D eigenvalue weighted by Crippen LogP contribution is -2.38. The highest BCUT2D eigenvalue weighted by atomic mass is 19.3. The van der Waals surface area contributed by atoms with Crippen LogP contribution in [0.15, 0.2) is 48.5 Å². The van der Waals surface area contributed by atoms with Crippen molar-refractivity contribution in [3.8, 4) is 16.9 Å². The molecule has 3 aromatic carbocycles. The Bertz CT molecular complexity index is 1410. The number of hydrogen-bond acceptors (Lipinski definition) is 3. The standard InChI is InChI=1S/C34H35F7O3/c1-2-3-4-5-20-18-42-33(43-19-20)22-8-6-21(7-9-22)23-10-12-26(28(36)14-23)24-15-30(38)32(31(39)16-24)34(40,41)44-25-11-13-27(35)29(37)17-25/h10-17,20-22,33H,2-9,18-19H2,1H3. The van der Waals surface area contributed by atoms with Crippen LogP contribution in [0.2, 0.25) is 0 Å². The average molecular weight is 625 g/mol. The van der Waals surface area contributed by atoms with Crippen LogP contribution in [-0.4, -0.2) is 19.5 Å². The second-order valence-electron chi connectivity index (χ2n) is 11.8. The molecule has 0 amide bonds. The molecule has 44 heavy (non-hydrogen) atoms. The van der Waals surface area contributed by atoms with E-state index in [4.69, 9.17) is 9.47 Å². The van der Waals surface area contributed by atoms with Gasteiger partial charge in [-0.15, -0.1) is 0 Å². The van der Waals surface area contributed by atoms with E-state index < -0.39 is 46.5 Å². The van der Waals surface area contributed by atoms with Crippen molar-refractivity contribution in [3.05, 3.63) is 88.7 Å². The molecular weight excluding hydrogens is 589 g/mol. The molecule has 1 aliphatic heterocycles. The smallest absolute Gasteiger partial charge is 0.429 e. The Labute approximate surface area is 252 Å². The second-order valence-corrected chi connectivity index (χ2v) is 11.8. The predicted octanol–water partition coefficient (Wildman–Crippen LogP) is 10.0. The molecule has 1 aliphatic carbocycles. The number of hydrogen-bond donors (Lipinski definition) is 0. The van der Waals surface area contributed by atoms with Gasteiger partial charge in [0.05, 0.1) is 13.2 Å². The molecule has 10 heteroatoms. The van der Waals surface area contributed by atoms with Gasteiger partial charge in [-0.05, 0) is 79.5 Å². The highest BCUT2D eigenvalue weighted by Gasteiger charge is 2.41. The molecule has 1 saturated heterocycles. The lowest BCUT2D eigenvalue weighted by atomic mass is 9.78. The van der Waals surface area contributed by atoms with Crippen LogP contribution >= 0.6 is 0 Å². The van der Waals surface area contributed by atoms with Gasteiger partial charge in [0.15, 0.2) is 17.9 Å². The van der Waals surface area contributed by atoms with E-state index in [1.54, 1.807) is 6.07 Å². The predicted molar refractivity (Wildman–Crippen MR) is 151 cm³/mol. The maximum absolute atomic E-state index is 15.2. The van der Waals surface area contributed by atoms with Crippen LogP contribution in [0.5, 0.6) is 5.75 Å². The second kappa shape index (κ2) is 13.9. The minimum Gasteiger partial charge on any atom is -0.429 e. The van der Waals surface area contributed by atoms with Gasteiger partial charge in [0.2, 0.25) is 0 Å². The van der Waals surface area contributed by atoms with Crippen LogP contribution < -0.4 is 4.74 Å². The maximum Gasteiger partial charge on any atom is 0.432 e. The van der Waals surface area contributed by atoms with Crippen LogP contribution in [0.4, 0.5) is 30.7 Å². The lowest BCUT2D eigenvalue weighted by Gasteiger charge is -2.37. The van der Waals surface area contributed by atoms with Crippen molar-refractivity contribution in [2.45, 2.75) is 76.6 Å². The first kappa shape index (κ1) is 32.3. The van der Waals surface area contributed by atoms with Crippen molar-refractivity contribution in [3.63, 3.8) is 0 Å². The van der Waals surface area contributed by atoms with E-state index in [-0.39, 0.29) is 29.3 Å². The summed E-state index contributed by atoms with van der Waals surface area (Å²) in [5.74, 6) is -6.94. The van der Waals surface area contributed by atoms with Gasteiger partial charge in [0.1, 0.15) is 28.8 Å². The van der Waals surface area contributed by atoms with Crippen LogP contribution in [0.25, 0.3) is 11.1 Å². The van der Waals surface area contributed by atoms with Crippen molar-refractivity contribution in [2.75, 3.05) is 13.2 Å². The number of halogens is 7. The van der Waals surface area contributed by atoms with E-state index in [2.05, 4.69) is 11.7 Å². The zero-order valence-electron chi connectivity index (χ0n) is 24.4. The monoisotopic (exact) mass is 624 g/mol. The first-order valence-corrected chi connectivity index (χ1v) is 15.1. The Morgan fingerprint density at radius 1 is 0.750 bits per heavy atom. The Hall–Kier alpha value is -3.11. The number of rotatable bonds is 10.